The van der Waals surface area contributed by atoms with Gasteiger partial charge >= 0.3 is 0 Å². The molecule has 0 saturated heterocycles. The number of hydrogen-bond donors (Lipinski definition) is 11. The third kappa shape index (κ3) is 20.1. The Kier molecular flexibility index (Phi) is 23.0. The molecule has 7 atom stereocenters. The molecule has 0 bridgehead atoms. The van der Waals surface area contributed by atoms with Crippen molar-refractivity contribution in [3.05, 3.63) is 0 Å². The maximum absolute atomic E-state index is 13.5. The Hall–Kier alpha value is -5.01. The fourth-order valence-electron chi connectivity index (χ4n) is 5.48. The second-order valence-corrected chi connectivity index (χ2v) is 15.4. The van der Waals surface area contributed by atoms with Crippen molar-refractivity contribution in [2.24, 2.45) is 45.9 Å². The largest absolute Gasteiger partial charge is 0.391 e. The molecular formula is C36H67N11O9. The first kappa shape index (κ1) is 51.0. The lowest BCUT2D eigenvalue weighted by atomic mass is 9.99. The lowest BCUT2D eigenvalue weighted by Crippen LogP contribution is -2.61. The fourth-order valence-corrected chi connectivity index (χ4v) is 5.48. The van der Waals surface area contributed by atoms with E-state index in [2.05, 4.69) is 42.2 Å². The smallest absolute Gasteiger partial charge is 0.245 e. The van der Waals surface area contributed by atoms with Gasteiger partial charge in [-0.2, -0.15) is 0 Å². The highest BCUT2D eigenvalue weighted by Gasteiger charge is 2.35. The van der Waals surface area contributed by atoms with E-state index in [0.29, 0.717) is 6.42 Å². The average Bonchev–Trinajstić information content (AvgIpc) is 3.06. The predicted octanol–water partition coefficient (Wildman–Crippen LogP) is -2.64. The summed E-state index contributed by atoms with van der Waals surface area (Å²) in [5, 5.41) is 28.3. The van der Waals surface area contributed by atoms with Gasteiger partial charge in [0.25, 0.3) is 0 Å². The van der Waals surface area contributed by atoms with E-state index in [1.165, 1.54) is 13.8 Å². The van der Waals surface area contributed by atoms with E-state index in [9.17, 15) is 43.5 Å². The van der Waals surface area contributed by atoms with Crippen LogP contribution in [0, 0.1) is 23.7 Å². The van der Waals surface area contributed by atoms with Crippen LogP contribution in [0.2, 0.25) is 0 Å². The quantitative estimate of drug-likeness (QED) is 0.0258. The number of primary amides is 1. The molecule has 14 N–H and O–H groups in total. The molecule has 0 aliphatic carbocycles. The van der Waals surface area contributed by atoms with Crippen molar-refractivity contribution in [1.29, 1.82) is 0 Å². The number of aliphatic imine (C=N–C) groups is 1. The highest BCUT2D eigenvalue weighted by Crippen LogP contribution is 2.11. The number of aliphatic hydroxyl groups is 1. The molecule has 320 valence electrons. The normalized spacial score (nSPS) is 15.0. The van der Waals surface area contributed by atoms with Gasteiger partial charge in [-0.3, -0.25) is 43.3 Å². The number of rotatable bonds is 25. The summed E-state index contributed by atoms with van der Waals surface area (Å²) in [6.07, 6.45) is -0.688. The molecule has 0 fully saturated rings. The van der Waals surface area contributed by atoms with Crippen LogP contribution in [-0.2, 0) is 38.4 Å². The number of nitrogens with two attached hydrogens (primary N) is 3. The Morgan fingerprint density at radius 3 is 1.48 bits per heavy atom. The molecule has 0 aromatic carbocycles. The third-order valence-corrected chi connectivity index (χ3v) is 8.34. The van der Waals surface area contributed by atoms with Gasteiger partial charge in [-0.05, 0) is 56.3 Å². The van der Waals surface area contributed by atoms with Crippen molar-refractivity contribution >= 4 is 53.2 Å². The van der Waals surface area contributed by atoms with Crippen molar-refractivity contribution in [2.75, 3.05) is 13.1 Å². The zero-order valence-corrected chi connectivity index (χ0v) is 34.5. The van der Waals surface area contributed by atoms with Crippen molar-refractivity contribution < 1.29 is 43.5 Å². The first-order chi connectivity index (χ1) is 25.9. The second kappa shape index (κ2) is 25.2. The predicted molar refractivity (Wildman–Crippen MR) is 210 cm³/mol. The first-order valence-corrected chi connectivity index (χ1v) is 19.0. The summed E-state index contributed by atoms with van der Waals surface area (Å²) in [5.74, 6) is -6.75. The zero-order valence-electron chi connectivity index (χ0n) is 34.5. The van der Waals surface area contributed by atoms with Crippen molar-refractivity contribution in [1.82, 2.24) is 37.2 Å². The molecule has 0 aromatic rings. The van der Waals surface area contributed by atoms with Crippen LogP contribution in [0.25, 0.3) is 0 Å². The summed E-state index contributed by atoms with van der Waals surface area (Å²) < 4.78 is 0. The van der Waals surface area contributed by atoms with Gasteiger partial charge in [0, 0.05) is 13.5 Å². The Morgan fingerprint density at radius 1 is 0.571 bits per heavy atom. The highest BCUT2D eigenvalue weighted by molar-refractivity contribution is 5.97. The van der Waals surface area contributed by atoms with Crippen LogP contribution in [0.4, 0.5) is 0 Å². The van der Waals surface area contributed by atoms with Gasteiger partial charge in [0.15, 0.2) is 5.96 Å². The van der Waals surface area contributed by atoms with Gasteiger partial charge in [-0.15, -0.1) is 0 Å². The SMILES string of the molecule is CC(=O)N[C@@H](CC(C)C)C(=O)N[C@H](C(=O)N[C@H](C(=O)N[C@H](CC(C)C)C(=O)NCC(=O)N[C@@H](CCCN=C(N)N)C(=O)N[C@H](C(N)=O)C(C)C)[C@@H](C)O)C(C)C. The average molecular weight is 798 g/mol. The Balaban J connectivity index is 5.91. The molecule has 0 spiro atoms. The summed E-state index contributed by atoms with van der Waals surface area (Å²) in [4.78, 5) is 107. The minimum absolute atomic E-state index is 0.0427. The number of carbonyl (C=O) groups is 8. The minimum Gasteiger partial charge on any atom is -0.391 e. The number of guanidine groups is 1. The number of amides is 8. The van der Waals surface area contributed by atoms with Crippen molar-refractivity contribution in [3.63, 3.8) is 0 Å². The molecule has 0 radical (unpaired) electrons. The molecule has 0 heterocycles. The van der Waals surface area contributed by atoms with Crippen LogP contribution < -0.4 is 54.4 Å². The topological polar surface area (TPSA) is 331 Å². The van der Waals surface area contributed by atoms with Crippen LogP contribution >= 0.6 is 0 Å². The summed E-state index contributed by atoms with van der Waals surface area (Å²) in [5.41, 5.74) is 16.2. The molecule has 8 amide bonds. The maximum Gasteiger partial charge on any atom is 0.245 e. The number of aliphatic hydroxyl groups excluding tert-OH is 1. The van der Waals surface area contributed by atoms with E-state index >= 15 is 0 Å². The Labute approximate surface area is 329 Å². The van der Waals surface area contributed by atoms with Gasteiger partial charge in [0.2, 0.25) is 47.3 Å². The lowest BCUT2D eigenvalue weighted by molar-refractivity contribution is -0.137. The van der Waals surface area contributed by atoms with Gasteiger partial charge in [-0.1, -0.05) is 55.4 Å². The van der Waals surface area contributed by atoms with Crippen LogP contribution in [0.15, 0.2) is 4.99 Å². The van der Waals surface area contributed by atoms with E-state index in [1.807, 2.05) is 13.8 Å². The molecule has 56 heavy (non-hydrogen) atoms. The number of carbonyl (C=O) groups excluding carboxylic acids is 8. The molecule has 0 rings (SSSR count). The van der Waals surface area contributed by atoms with Crippen molar-refractivity contribution in [3.8, 4) is 0 Å². The standard InChI is InChI=1S/C36H67N11O9/c1-17(2)14-24(31(52)41-16-26(50)43-23(12-11-13-40-36(38)39)32(53)45-27(19(5)6)30(37)51)44-35(56)29(21(9)48)47-34(55)28(20(7)8)46-33(54)25(15-18(3)4)42-22(10)49/h17-21,23-25,27-29,48H,11-16H2,1-10H3,(H2,37,51)(H,41,52)(H,42,49)(H,43,50)(H,44,56)(H,45,53)(H,46,54)(H,47,55)(H4,38,39,40)/t21-,23+,24-,25+,27+,28+,29+/m1/s1. The van der Waals surface area contributed by atoms with Crippen LogP contribution in [0.1, 0.15) is 94.9 Å². The fraction of sp³-hybridized carbons (Fsp3) is 0.750. The molecule has 20 heteroatoms. The summed E-state index contributed by atoms with van der Waals surface area (Å²) in [6.45, 7) is 16.1. The lowest BCUT2D eigenvalue weighted by Gasteiger charge is -2.29. The van der Waals surface area contributed by atoms with Crippen LogP contribution in [0.3, 0.4) is 0 Å². The number of nitrogens with one attached hydrogen (secondary N) is 7. The van der Waals surface area contributed by atoms with E-state index < -0.39 is 102 Å². The summed E-state index contributed by atoms with van der Waals surface area (Å²) in [7, 11) is 0. The maximum atomic E-state index is 13.5. The first-order valence-electron chi connectivity index (χ1n) is 19.0. The van der Waals surface area contributed by atoms with Gasteiger partial charge in [-0.25, -0.2) is 0 Å². The van der Waals surface area contributed by atoms with E-state index in [0.717, 1.165) is 0 Å². The van der Waals surface area contributed by atoms with E-state index in [-0.39, 0.29) is 49.5 Å². The Bertz CT molecular complexity index is 1380. The van der Waals surface area contributed by atoms with Gasteiger partial charge < -0.3 is 59.5 Å². The monoisotopic (exact) mass is 798 g/mol. The summed E-state index contributed by atoms with van der Waals surface area (Å²) in [6, 6.07) is -7.00. The highest BCUT2D eigenvalue weighted by atomic mass is 16.3. The van der Waals surface area contributed by atoms with Crippen molar-refractivity contribution in [2.45, 2.75) is 137 Å². The molecule has 0 aliphatic rings. The van der Waals surface area contributed by atoms with Crippen LogP contribution in [-0.4, -0.2) is 114 Å². The number of hydrogen-bond acceptors (Lipinski definition) is 10. The molecule has 0 saturated carbocycles. The zero-order chi connectivity index (χ0) is 43.4. The molecule has 0 aromatic heterocycles. The Morgan fingerprint density at radius 2 is 1.04 bits per heavy atom. The van der Waals surface area contributed by atoms with Crippen LogP contribution in [0.5, 0.6) is 0 Å². The molecular weight excluding hydrogens is 730 g/mol. The molecule has 20 nitrogen and oxygen atoms in total. The molecule has 0 aliphatic heterocycles. The van der Waals surface area contributed by atoms with E-state index in [1.54, 1.807) is 41.5 Å². The summed E-state index contributed by atoms with van der Waals surface area (Å²) >= 11 is 0. The van der Waals surface area contributed by atoms with Gasteiger partial charge in [0.05, 0.1) is 12.6 Å². The molecule has 0 unspecified atom stereocenters. The third-order valence-electron chi connectivity index (χ3n) is 8.34. The minimum atomic E-state index is -1.55. The van der Waals surface area contributed by atoms with Gasteiger partial charge in [0.1, 0.15) is 36.3 Å². The second-order valence-electron chi connectivity index (χ2n) is 15.4. The number of nitrogens with zero attached hydrogens (tertiary/aromatic N) is 1. The van der Waals surface area contributed by atoms with E-state index in [4.69, 9.17) is 17.2 Å².